The van der Waals surface area contributed by atoms with Crippen LogP contribution in [0, 0.1) is 23.5 Å². The highest BCUT2D eigenvalue weighted by Crippen LogP contribution is 2.30. The minimum atomic E-state index is -0.781. The summed E-state index contributed by atoms with van der Waals surface area (Å²) in [5, 5.41) is 3.15. The van der Waals surface area contributed by atoms with Gasteiger partial charge in [-0.3, -0.25) is 9.59 Å². The molecule has 0 radical (unpaired) electrons. The molecular weight excluding hydrogens is 376 g/mol. The van der Waals surface area contributed by atoms with Gasteiger partial charge in [-0.25, -0.2) is 8.78 Å². The summed E-state index contributed by atoms with van der Waals surface area (Å²) in [6.07, 6.45) is 3.14. The van der Waals surface area contributed by atoms with E-state index in [4.69, 9.17) is 0 Å². The first-order valence-electron chi connectivity index (χ1n) is 9.18. The van der Waals surface area contributed by atoms with Crippen molar-refractivity contribution in [3.63, 3.8) is 0 Å². The van der Waals surface area contributed by atoms with E-state index in [0.29, 0.717) is 19.0 Å². The first-order chi connectivity index (χ1) is 12.5. The van der Waals surface area contributed by atoms with Gasteiger partial charge in [-0.1, -0.05) is 0 Å². The molecule has 0 saturated carbocycles. The zero-order chi connectivity index (χ0) is 18.7. The van der Waals surface area contributed by atoms with E-state index in [1.165, 1.54) is 11.0 Å². The van der Waals surface area contributed by atoms with Crippen LogP contribution in [-0.4, -0.2) is 49.9 Å². The highest BCUT2D eigenvalue weighted by molar-refractivity contribution is 6.00. The summed E-state index contributed by atoms with van der Waals surface area (Å²) in [5.41, 5.74) is 0.0393. The van der Waals surface area contributed by atoms with Gasteiger partial charge >= 0.3 is 0 Å². The third-order valence-corrected chi connectivity index (χ3v) is 5.40. The average Bonchev–Trinajstić information content (AvgIpc) is 3.01. The second-order valence-electron chi connectivity index (χ2n) is 7.16. The maximum absolute atomic E-state index is 14.0. The van der Waals surface area contributed by atoms with Crippen LogP contribution in [-0.2, 0) is 9.59 Å². The van der Waals surface area contributed by atoms with Crippen molar-refractivity contribution in [3.05, 3.63) is 29.8 Å². The lowest BCUT2D eigenvalue weighted by molar-refractivity contribution is -0.137. The number of anilines is 1. The summed E-state index contributed by atoms with van der Waals surface area (Å²) in [5.74, 6) is -1.63. The lowest BCUT2D eigenvalue weighted by Crippen LogP contribution is -2.42. The molecule has 2 aliphatic rings. The molecule has 2 amide bonds. The van der Waals surface area contributed by atoms with E-state index in [1.807, 2.05) is 11.9 Å². The van der Waals surface area contributed by atoms with E-state index in [1.54, 1.807) is 0 Å². The molecule has 3 rings (SSSR count). The van der Waals surface area contributed by atoms with E-state index < -0.39 is 17.6 Å². The van der Waals surface area contributed by atoms with Gasteiger partial charge in [0.15, 0.2) is 0 Å². The molecule has 2 heterocycles. The molecule has 8 heteroatoms. The minimum Gasteiger partial charge on any atom is -0.342 e. The fraction of sp³-hybridized carbons (Fsp3) is 0.579. The Morgan fingerprint density at radius 3 is 2.59 bits per heavy atom. The number of carbonyl (C=O) groups is 2. The molecule has 1 N–H and O–H groups in total. The number of likely N-dealkylation sites (tertiary alicyclic amines) is 1. The Hall–Kier alpha value is -1.73. The lowest BCUT2D eigenvalue weighted by Gasteiger charge is -2.33. The van der Waals surface area contributed by atoms with E-state index in [0.717, 1.165) is 37.9 Å². The number of amides is 2. The zero-order valence-electron chi connectivity index (χ0n) is 15.4. The zero-order valence-corrected chi connectivity index (χ0v) is 16.2. The van der Waals surface area contributed by atoms with Crippen molar-refractivity contribution in [3.8, 4) is 0 Å². The van der Waals surface area contributed by atoms with Crippen LogP contribution in [0.2, 0.25) is 0 Å². The van der Waals surface area contributed by atoms with Gasteiger partial charge in [-0.15, -0.1) is 12.4 Å². The summed E-state index contributed by atoms with van der Waals surface area (Å²) >= 11 is 0. The molecule has 5 nitrogen and oxygen atoms in total. The Bertz CT molecular complexity index is 681. The van der Waals surface area contributed by atoms with Gasteiger partial charge in [0.1, 0.15) is 11.6 Å². The topological polar surface area (TPSA) is 52.7 Å². The van der Waals surface area contributed by atoms with Gasteiger partial charge in [-0.2, -0.15) is 0 Å². The van der Waals surface area contributed by atoms with Gasteiger partial charge in [-0.05, 0) is 50.9 Å². The SMILES string of the molecule is CNCCC1CCN(C(=O)C2CC(=O)N(c3ccc(F)cc3F)C2)CC1.Cl. The maximum Gasteiger partial charge on any atom is 0.228 e. The molecule has 0 aromatic heterocycles. The molecule has 1 aromatic rings. The Morgan fingerprint density at radius 2 is 1.96 bits per heavy atom. The standard InChI is InChI=1S/C19H25F2N3O2.ClH/c1-22-7-4-13-5-8-23(9-6-13)19(26)14-10-18(25)24(12-14)17-3-2-15(20)11-16(17)21;/h2-3,11,13-14,22H,4-10,12H2,1H3;1H. The van der Waals surface area contributed by atoms with Crippen LogP contribution < -0.4 is 10.2 Å². The maximum atomic E-state index is 14.0. The minimum absolute atomic E-state index is 0. The summed E-state index contributed by atoms with van der Waals surface area (Å²) < 4.78 is 27.0. The summed E-state index contributed by atoms with van der Waals surface area (Å²) in [7, 11) is 1.94. The van der Waals surface area contributed by atoms with E-state index in [-0.39, 0.29) is 42.9 Å². The van der Waals surface area contributed by atoms with Crippen LogP contribution in [0.5, 0.6) is 0 Å². The van der Waals surface area contributed by atoms with Crippen LogP contribution in [0.15, 0.2) is 18.2 Å². The number of hydrogen-bond acceptors (Lipinski definition) is 3. The highest BCUT2D eigenvalue weighted by atomic mass is 35.5. The van der Waals surface area contributed by atoms with Crippen LogP contribution >= 0.6 is 12.4 Å². The summed E-state index contributed by atoms with van der Waals surface area (Å²) in [4.78, 5) is 28.1. The Morgan fingerprint density at radius 1 is 1.26 bits per heavy atom. The molecule has 2 aliphatic heterocycles. The molecule has 1 atom stereocenters. The Labute approximate surface area is 164 Å². The number of hydrogen-bond donors (Lipinski definition) is 1. The van der Waals surface area contributed by atoms with Crippen LogP contribution in [0.1, 0.15) is 25.7 Å². The lowest BCUT2D eigenvalue weighted by atomic mass is 9.92. The molecular formula is C19H26ClF2N3O2. The molecule has 2 saturated heterocycles. The third-order valence-electron chi connectivity index (χ3n) is 5.40. The molecule has 0 aliphatic carbocycles. The first kappa shape index (κ1) is 21.6. The second kappa shape index (κ2) is 9.46. The number of benzene rings is 1. The van der Waals surface area contributed by atoms with Crippen molar-refractivity contribution in [2.45, 2.75) is 25.7 Å². The highest BCUT2D eigenvalue weighted by Gasteiger charge is 2.38. The number of halogens is 3. The van der Waals surface area contributed by atoms with E-state index in [9.17, 15) is 18.4 Å². The molecule has 0 spiro atoms. The molecule has 0 bridgehead atoms. The molecule has 150 valence electrons. The van der Waals surface area contributed by atoms with Crippen molar-refractivity contribution in [1.29, 1.82) is 0 Å². The molecule has 1 aromatic carbocycles. The number of rotatable bonds is 5. The van der Waals surface area contributed by atoms with Gasteiger partial charge < -0.3 is 15.1 Å². The van der Waals surface area contributed by atoms with E-state index >= 15 is 0 Å². The summed E-state index contributed by atoms with van der Waals surface area (Å²) in [6.45, 7) is 2.56. The van der Waals surface area contributed by atoms with Gasteiger partial charge in [0.05, 0.1) is 11.6 Å². The van der Waals surface area contributed by atoms with Crippen molar-refractivity contribution in [2.75, 3.05) is 38.1 Å². The number of carbonyl (C=O) groups excluding carboxylic acids is 2. The quantitative estimate of drug-likeness (QED) is 0.825. The van der Waals surface area contributed by atoms with Gasteiger partial charge in [0, 0.05) is 32.1 Å². The number of nitrogens with one attached hydrogen (secondary N) is 1. The second-order valence-corrected chi connectivity index (χ2v) is 7.16. The largest absolute Gasteiger partial charge is 0.342 e. The van der Waals surface area contributed by atoms with Crippen molar-refractivity contribution >= 4 is 29.9 Å². The smallest absolute Gasteiger partial charge is 0.228 e. The monoisotopic (exact) mass is 401 g/mol. The van der Waals surface area contributed by atoms with Crippen LogP contribution in [0.4, 0.5) is 14.5 Å². The van der Waals surface area contributed by atoms with Crippen molar-refractivity contribution < 1.29 is 18.4 Å². The Balaban J connectivity index is 0.00000261. The number of nitrogens with zero attached hydrogens (tertiary/aromatic N) is 2. The van der Waals surface area contributed by atoms with Crippen molar-refractivity contribution in [2.24, 2.45) is 11.8 Å². The van der Waals surface area contributed by atoms with Crippen LogP contribution in [0.25, 0.3) is 0 Å². The average molecular weight is 402 g/mol. The fourth-order valence-electron chi connectivity index (χ4n) is 3.85. The fourth-order valence-corrected chi connectivity index (χ4v) is 3.85. The predicted octanol–water partition coefficient (Wildman–Crippen LogP) is 2.59. The Kier molecular flexibility index (Phi) is 7.56. The van der Waals surface area contributed by atoms with E-state index in [2.05, 4.69) is 5.32 Å². The molecule has 1 unspecified atom stereocenters. The summed E-state index contributed by atoms with van der Waals surface area (Å²) in [6, 6.07) is 3.13. The normalized spacial score (nSPS) is 20.7. The van der Waals surface area contributed by atoms with Crippen LogP contribution in [0.3, 0.4) is 0 Å². The molecule has 27 heavy (non-hydrogen) atoms. The van der Waals surface area contributed by atoms with Crippen molar-refractivity contribution in [1.82, 2.24) is 10.2 Å². The third kappa shape index (κ3) is 4.96. The molecule has 2 fully saturated rings. The van der Waals surface area contributed by atoms with Gasteiger partial charge in [0.2, 0.25) is 11.8 Å². The first-order valence-corrected chi connectivity index (χ1v) is 9.18. The number of piperidine rings is 1. The van der Waals surface area contributed by atoms with Gasteiger partial charge in [0.25, 0.3) is 0 Å². The predicted molar refractivity (Wildman–Crippen MR) is 102 cm³/mol.